The van der Waals surface area contributed by atoms with Gasteiger partial charge in [-0.2, -0.15) is 0 Å². The van der Waals surface area contributed by atoms with Crippen molar-refractivity contribution < 1.29 is 18.8 Å². The third-order valence-corrected chi connectivity index (χ3v) is 8.79. The second kappa shape index (κ2) is 13.9. The van der Waals surface area contributed by atoms with Crippen LogP contribution in [0.5, 0.6) is 0 Å². The number of carbonyl (C=O) groups is 3. The van der Waals surface area contributed by atoms with Crippen molar-refractivity contribution in [1.82, 2.24) is 25.1 Å². The van der Waals surface area contributed by atoms with Gasteiger partial charge in [-0.15, -0.1) is 0 Å². The molecule has 0 radical (unpaired) electrons. The number of likely N-dealkylation sites (tertiary alicyclic amines) is 2. The average Bonchev–Trinajstić information content (AvgIpc) is 3.80. The smallest absolute Gasteiger partial charge is 0.263 e. The number of aromatic nitrogens is 2. The first-order chi connectivity index (χ1) is 21.9. The van der Waals surface area contributed by atoms with E-state index in [4.69, 9.17) is 9.41 Å². The standard InChI is InChI=1S/C32H36N8O4S/c1-21-16-23-17-24(7-8-26(23)44-21)36-31(38-32-35-19-27(45-32)29(42)34-18-22-9-11-33-12-10-22)37-25-6-2-3-15-40(30(25)43)20-28(41)39-13-4-5-14-39/h7-12,16-17,19,25H,2-6,13-15,18,20H2,1H3,(H,34,42)(H2,35,36,37,38)/t25-/m0/s1. The summed E-state index contributed by atoms with van der Waals surface area (Å²) in [6, 6.07) is 10.6. The molecular formula is C32H36N8O4S. The molecule has 0 spiro atoms. The monoisotopic (exact) mass is 628 g/mol. The lowest BCUT2D eigenvalue weighted by Gasteiger charge is -2.25. The largest absolute Gasteiger partial charge is 0.461 e. The zero-order chi connectivity index (χ0) is 31.2. The van der Waals surface area contributed by atoms with E-state index >= 15 is 0 Å². The molecule has 4 aromatic rings. The predicted octanol–water partition coefficient (Wildman–Crippen LogP) is 4.41. The summed E-state index contributed by atoms with van der Waals surface area (Å²) in [7, 11) is 0. The van der Waals surface area contributed by atoms with Crippen LogP contribution in [0.2, 0.25) is 0 Å². The van der Waals surface area contributed by atoms with Crippen LogP contribution in [0.15, 0.2) is 64.4 Å². The molecule has 3 aromatic heterocycles. The molecule has 1 aromatic carbocycles. The minimum Gasteiger partial charge on any atom is -0.461 e. The van der Waals surface area contributed by atoms with Crippen LogP contribution in [0.1, 0.15) is 53.1 Å². The summed E-state index contributed by atoms with van der Waals surface area (Å²) in [4.78, 5) is 56.6. The quantitative estimate of drug-likeness (QED) is 0.192. The van der Waals surface area contributed by atoms with Crippen molar-refractivity contribution in [2.75, 3.05) is 36.8 Å². The maximum Gasteiger partial charge on any atom is 0.263 e. The third kappa shape index (κ3) is 7.66. The number of pyridine rings is 1. The van der Waals surface area contributed by atoms with Gasteiger partial charge in [-0.1, -0.05) is 11.3 Å². The Balaban J connectivity index is 1.21. The fraction of sp³-hybridized carbons (Fsp3) is 0.375. The Morgan fingerprint density at radius 3 is 2.67 bits per heavy atom. The van der Waals surface area contributed by atoms with Crippen LogP contribution in [0.25, 0.3) is 11.0 Å². The van der Waals surface area contributed by atoms with Gasteiger partial charge >= 0.3 is 0 Å². The number of furan rings is 1. The normalized spacial score (nSPS) is 17.4. The van der Waals surface area contributed by atoms with Gasteiger partial charge in [0.15, 0.2) is 5.13 Å². The summed E-state index contributed by atoms with van der Waals surface area (Å²) in [6.07, 6.45) is 9.04. The lowest BCUT2D eigenvalue weighted by molar-refractivity contribution is -0.140. The molecule has 6 rings (SSSR count). The van der Waals surface area contributed by atoms with Crippen LogP contribution in [-0.2, 0) is 16.1 Å². The van der Waals surface area contributed by atoms with Gasteiger partial charge in [0.05, 0.1) is 12.7 Å². The molecule has 2 aliphatic heterocycles. The number of hydrogen-bond acceptors (Lipinski definition) is 8. The number of guanidine groups is 1. The highest BCUT2D eigenvalue weighted by Crippen LogP contribution is 2.24. The van der Waals surface area contributed by atoms with Crippen LogP contribution in [0.3, 0.4) is 0 Å². The molecule has 0 bridgehead atoms. The Hall–Kier alpha value is -4.78. The number of aryl methyl sites for hydroxylation is 1. The van der Waals surface area contributed by atoms with Gasteiger partial charge in [-0.3, -0.25) is 19.4 Å². The zero-order valence-corrected chi connectivity index (χ0v) is 25.9. The number of thiazole rings is 1. The van der Waals surface area contributed by atoms with Gasteiger partial charge in [0.25, 0.3) is 5.91 Å². The second-order valence-corrected chi connectivity index (χ2v) is 12.3. The van der Waals surface area contributed by atoms with Crippen molar-refractivity contribution in [3.8, 4) is 0 Å². The van der Waals surface area contributed by atoms with E-state index in [2.05, 4.69) is 25.9 Å². The fourth-order valence-corrected chi connectivity index (χ4v) is 6.27. The first kappa shape index (κ1) is 30.3. The number of amides is 3. The number of nitrogens with one attached hydrogen (secondary N) is 3. The Bertz CT molecular complexity index is 1700. The Labute approximate surface area is 264 Å². The number of fused-ring (bicyclic) bond motifs is 1. The van der Waals surface area contributed by atoms with E-state index < -0.39 is 6.04 Å². The van der Waals surface area contributed by atoms with E-state index in [1.54, 1.807) is 17.3 Å². The van der Waals surface area contributed by atoms with Gasteiger partial charge in [0.2, 0.25) is 17.8 Å². The highest BCUT2D eigenvalue weighted by Gasteiger charge is 2.30. The summed E-state index contributed by atoms with van der Waals surface area (Å²) in [5, 5.41) is 10.8. The first-order valence-electron chi connectivity index (χ1n) is 15.2. The summed E-state index contributed by atoms with van der Waals surface area (Å²) < 4.78 is 5.72. The van der Waals surface area contributed by atoms with Crippen LogP contribution in [-0.4, -0.2) is 75.7 Å². The van der Waals surface area contributed by atoms with Gasteiger partial charge < -0.3 is 30.2 Å². The lowest BCUT2D eigenvalue weighted by atomic mass is 10.1. The second-order valence-electron chi connectivity index (χ2n) is 11.3. The Morgan fingerprint density at radius 2 is 1.84 bits per heavy atom. The van der Waals surface area contributed by atoms with Crippen molar-refractivity contribution in [2.45, 2.75) is 51.6 Å². The van der Waals surface area contributed by atoms with Crippen molar-refractivity contribution in [2.24, 2.45) is 4.99 Å². The molecule has 2 fully saturated rings. The molecule has 45 heavy (non-hydrogen) atoms. The van der Waals surface area contributed by atoms with Crippen molar-refractivity contribution >= 4 is 56.8 Å². The number of aliphatic imine (C=N–C) groups is 1. The summed E-state index contributed by atoms with van der Waals surface area (Å²) in [6.45, 7) is 4.36. The molecule has 1 atom stereocenters. The highest BCUT2D eigenvalue weighted by atomic mass is 32.1. The van der Waals surface area contributed by atoms with Crippen molar-refractivity contribution in [3.63, 3.8) is 0 Å². The Kier molecular flexibility index (Phi) is 9.34. The highest BCUT2D eigenvalue weighted by molar-refractivity contribution is 7.17. The lowest BCUT2D eigenvalue weighted by Crippen LogP contribution is -2.45. The van der Waals surface area contributed by atoms with E-state index in [-0.39, 0.29) is 24.3 Å². The first-order valence-corrected chi connectivity index (χ1v) is 16.0. The van der Waals surface area contributed by atoms with E-state index in [0.717, 1.165) is 66.8 Å². The molecule has 5 heterocycles. The van der Waals surface area contributed by atoms with Gasteiger partial charge in [0, 0.05) is 49.6 Å². The Morgan fingerprint density at radius 1 is 1.04 bits per heavy atom. The maximum absolute atomic E-state index is 13.7. The number of benzene rings is 1. The fourth-order valence-electron chi connectivity index (χ4n) is 5.54. The number of carbonyl (C=O) groups excluding carboxylic acids is 3. The van der Waals surface area contributed by atoms with Gasteiger partial charge in [-0.05, 0) is 81.0 Å². The summed E-state index contributed by atoms with van der Waals surface area (Å²) >= 11 is 1.18. The molecule has 0 unspecified atom stereocenters. The van der Waals surface area contributed by atoms with E-state index in [9.17, 15) is 14.4 Å². The van der Waals surface area contributed by atoms with Crippen LogP contribution < -0.4 is 16.0 Å². The molecule has 12 nitrogen and oxygen atoms in total. The third-order valence-electron chi connectivity index (χ3n) is 7.88. The molecule has 0 aliphatic carbocycles. The van der Waals surface area contributed by atoms with E-state index in [1.165, 1.54) is 17.5 Å². The van der Waals surface area contributed by atoms with E-state index in [0.29, 0.717) is 35.5 Å². The maximum atomic E-state index is 13.7. The molecule has 13 heteroatoms. The minimum atomic E-state index is -0.683. The summed E-state index contributed by atoms with van der Waals surface area (Å²) in [5.74, 6) is 0.695. The number of rotatable bonds is 8. The van der Waals surface area contributed by atoms with E-state index in [1.807, 2.05) is 48.2 Å². The zero-order valence-electron chi connectivity index (χ0n) is 25.1. The molecule has 3 amide bonds. The molecule has 3 N–H and O–H groups in total. The SMILES string of the molecule is Cc1cc2cc(NC(=N[C@H]3CCCCN(CC(=O)N4CCCC4)C3=O)Nc3ncc(C(=O)NCc4ccncc4)s3)ccc2o1. The topological polar surface area (TPSA) is 145 Å². The molecule has 0 saturated carbocycles. The van der Waals surface area contributed by atoms with Gasteiger partial charge in [0.1, 0.15) is 22.3 Å². The summed E-state index contributed by atoms with van der Waals surface area (Å²) in [5.41, 5.74) is 2.45. The molecule has 234 valence electrons. The average molecular weight is 629 g/mol. The van der Waals surface area contributed by atoms with Crippen molar-refractivity contribution in [1.29, 1.82) is 0 Å². The molecule has 2 saturated heterocycles. The van der Waals surface area contributed by atoms with Crippen LogP contribution in [0, 0.1) is 6.92 Å². The number of hydrogen-bond donors (Lipinski definition) is 3. The number of anilines is 2. The molecular weight excluding hydrogens is 592 g/mol. The van der Waals surface area contributed by atoms with Crippen LogP contribution in [0.4, 0.5) is 10.8 Å². The number of nitrogens with zero attached hydrogens (tertiary/aromatic N) is 5. The predicted molar refractivity (Wildman–Crippen MR) is 173 cm³/mol. The van der Waals surface area contributed by atoms with Gasteiger partial charge in [-0.25, -0.2) is 9.98 Å². The van der Waals surface area contributed by atoms with Crippen LogP contribution >= 0.6 is 11.3 Å². The van der Waals surface area contributed by atoms with Crippen molar-refractivity contribution in [3.05, 3.63) is 71.2 Å². The molecule has 2 aliphatic rings. The minimum absolute atomic E-state index is 0.0109.